The first-order valence-corrected chi connectivity index (χ1v) is 1.85. The van der Waals surface area contributed by atoms with Gasteiger partial charge in [0, 0.05) is 0 Å². The fourth-order valence-corrected chi connectivity index (χ4v) is 0.0500. The molecule has 0 amide bonds. The van der Waals surface area contributed by atoms with Gasteiger partial charge in [-0.15, -0.1) is 0 Å². The van der Waals surface area contributed by atoms with Crippen molar-refractivity contribution in [2.45, 2.75) is 5.72 Å². The van der Waals surface area contributed by atoms with Gasteiger partial charge in [0.05, 0.1) is 13.2 Å². The summed E-state index contributed by atoms with van der Waals surface area (Å²) in [4.78, 5) is 0. The van der Waals surface area contributed by atoms with Gasteiger partial charge in [-0.1, -0.05) is 0 Å². The number of aliphatic hydroxyl groups excluding tert-OH is 2. The lowest BCUT2D eigenvalue weighted by molar-refractivity contribution is -0.0497. The third-order valence-corrected chi connectivity index (χ3v) is 0.548. The minimum Gasteiger partial charge on any atom is -0.392 e. The van der Waals surface area contributed by atoms with E-state index < -0.39 is 18.9 Å². The second kappa shape index (κ2) is 2.23. The molecular weight excluding hydrogens is 98.0 g/mol. The SMILES string of the molecule is NC(O)(CO)CO. The van der Waals surface area contributed by atoms with E-state index in [-0.39, 0.29) is 0 Å². The van der Waals surface area contributed by atoms with Crippen molar-refractivity contribution in [1.29, 1.82) is 0 Å². The average molecular weight is 107 g/mol. The van der Waals surface area contributed by atoms with Crippen molar-refractivity contribution in [3.63, 3.8) is 0 Å². The van der Waals surface area contributed by atoms with Gasteiger partial charge >= 0.3 is 0 Å². The lowest BCUT2D eigenvalue weighted by atomic mass is 10.3. The lowest BCUT2D eigenvalue weighted by Gasteiger charge is -2.15. The summed E-state index contributed by atoms with van der Waals surface area (Å²) < 4.78 is 0. The quantitative estimate of drug-likeness (QED) is 0.297. The Hall–Kier alpha value is -0.160. The van der Waals surface area contributed by atoms with Crippen LogP contribution in [0.5, 0.6) is 0 Å². The summed E-state index contributed by atoms with van der Waals surface area (Å²) in [5.74, 6) is 0. The van der Waals surface area contributed by atoms with Gasteiger partial charge in [-0.25, -0.2) is 0 Å². The molecule has 0 fully saturated rings. The summed E-state index contributed by atoms with van der Waals surface area (Å²) in [6, 6.07) is 0. The first-order valence-electron chi connectivity index (χ1n) is 1.85. The third-order valence-electron chi connectivity index (χ3n) is 0.548. The molecule has 0 aliphatic rings. The fourth-order valence-electron chi connectivity index (χ4n) is 0.0500. The monoisotopic (exact) mass is 107 g/mol. The highest BCUT2D eigenvalue weighted by molar-refractivity contribution is 4.64. The van der Waals surface area contributed by atoms with E-state index in [0.29, 0.717) is 0 Å². The number of nitrogens with two attached hydrogens (primary N) is 1. The largest absolute Gasteiger partial charge is 0.392 e. The Kier molecular flexibility index (Phi) is 2.17. The van der Waals surface area contributed by atoms with Crippen molar-refractivity contribution in [3.8, 4) is 0 Å². The van der Waals surface area contributed by atoms with Crippen LogP contribution in [0.1, 0.15) is 0 Å². The number of hydrogen-bond donors (Lipinski definition) is 4. The summed E-state index contributed by atoms with van der Waals surface area (Å²) >= 11 is 0. The molecule has 0 unspecified atom stereocenters. The van der Waals surface area contributed by atoms with Gasteiger partial charge in [-0.2, -0.15) is 0 Å². The molecule has 0 aromatic carbocycles. The van der Waals surface area contributed by atoms with Crippen LogP contribution in [0.3, 0.4) is 0 Å². The minimum absolute atomic E-state index is 0.622. The van der Waals surface area contributed by atoms with Crippen molar-refractivity contribution in [2.75, 3.05) is 13.2 Å². The van der Waals surface area contributed by atoms with Gasteiger partial charge in [0.2, 0.25) is 0 Å². The van der Waals surface area contributed by atoms with E-state index >= 15 is 0 Å². The maximum Gasteiger partial charge on any atom is 0.160 e. The second-order valence-electron chi connectivity index (χ2n) is 1.42. The molecule has 0 bridgehead atoms. The minimum atomic E-state index is -1.81. The van der Waals surface area contributed by atoms with Crippen LogP contribution >= 0.6 is 0 Å². The molecule has 4 nitrogen and oxygen atoms in total. The second-order valence-corrected chi connectivity index (χ2v) is 1.42. The van der Waals surface area contributed by atoms with E-state index in [2.05, 4.69) is 0 Å². The van der Waals surface area contributed by atoms with Gasteiger partial charge in [0.1, 0.15) is 0 Å². The zero-order chi connectivity index (χ0) is 5.91. The third kappa shape index (κ3) is 2.52. The van der Waals surface area contributed by atoms with Crippen LogP contribution in [0.2, 0.25) is 0 Å². The molecule has 0 aliphatic heterocycles. The molecule has 7 heavy (non-hydrogen) atoms. The van der Waals surface area contributed by atoms with E-state index in [1.807, 2.05) is 0 Å². The zero-order valence-electron chi connectivity index (χ0n) is 3.83. The van der Waals surface area contributed by atoms with Crippen LogP contribution in [-0.4, -0.2) is 34.3 Å². The van der Waals surface area contributed by atoms with Crippen LogP contribution in [-0.2, 0) is 0 Å². The zero-order valence-corrected chi connectivity index (χ0v) is 3.83. The molecule has 0 aromatic heterocycles. The molecule has 5 N–H and O–H groups in total. The highest BCUT2D eigenvalue weighted by Crippen LogP contribution is 1.86. The molecule has 0 rings (SSSR count). The number of hydrogen-bond acceptors (Lipinski definition) is 4. The highest BCUT2D eigenvalue weighted by atomic mass is 16.4. The number of aliphatic hydroxyl groups is 3. The van der Waals surface area contributed by atoms with Crippen molar-refractivity contribution in [1.82, 2.24) is 0 Å². The Balaban J connectivity index is 3.36. The molecule has 4 heteroatoms. The Labute approximate surface area is 41.2 Å². The first kappa shape index (κ1) is 6.84. The summed E-state index contributed by atoms with van der Waals surface area (Å²) in [5.41, 5.74) is 2.97. The topological polar surface area (TPSA) is 86.7 Å². The van der Waals surface area contributed by atoms with Crippen LogP contribution in [0, 0.1) is 0 Å². The van der Waals surface area contributed by atoms with Gasteiger partial charge in [-0.05, 0) is 0 Å². The van der Waals surface area contributed by atoms with Crippen LogP contribution in [0.4, 0.5) is 0 Å². The Morgan fingerprint density at radius 3 is 1.57 bits per heavy atom. The van der Waals surface area contributed by atoms with Crippen molar-refractivity contribution in [2.24, 2.45) is 5.73 Å². The fraction of sp³-hybridized carbons (Fsp3) is 1.00. The average Bonchev–Trinajstić information content (AvgIpc) is 1.68. The van der Waals surface area contributed by atoms with Crippen molar-refractivity contribution in [3.05, 3.63) is 0 Å². The number of rotatable bonds is 2. The summed E-state index contributed by atoms with van der Waals surface area (Å²) in [5, 5.41) is 24.5. The molecule has 0 atom stereocenters. The predicted molar refractivity (Wildman–Crippen MR) is 23.3 cm³/mol. The molecule has 0 aromatic rings. The Morgan fingerprint density at radius 1 is 1.29 bits per heavy atom. The Bertz CT molecular complexity index is 48.1. The van der Waals surface area contributed by atoms with Crippen molar-refractivity contribution < 1.29 is 15.3 Å². The molecular formula is C3H9NO3. The van der Waals surface area contributed by atoms with Gasteiger partial charge < -0.3 is 15.3 Å². The molecule has 0 heterocycles. The van der Waals surface area contributed by atoms with E-state index in [9.17, 15) is 0 Å². The Morgan fingerprint density at radius 2 is 1.57 bits per heavy atom. The van der Waals surface area contributed by atoms with Crippen molar-refractivity contribution >= 4 is 0 Å². The molecule has 0 aliphatic carbocycles. The predicted octanol–water partition coefficient (Wildman–Crippen LogP) is -2.38. The standard InChI is InChI=1S/C3H9NO3/c4-3(7,1-5)2-6/h5-7H,1-2,4H2. The van der Waals surface area contributed by atoms with E-state index in [1.165, 1.54) is 0 Å². The summed E-state index contributed by atoms with van der Waals surface area (Å²) in [6.07, 6.45) is 0. The van der Waals surface area contributed by atoms with Crippen LogP contribution < -0.4 is 5.73 Å². The van der Waals surface area contributed by atoms with Crippen LogP contribution in [0.15, 0.2) is 0 Å². The van der Waals surface area contributed by atoms with E-state index in [4.69, 9.17) is 21.1 Å². The maximum absolute atomic E-state index is 8.41. The molecule has 0 saturated carbocycles. The molecule has 0 radical (unpaired) electrons. The van der Waals surface area contributed by atoms with Gasteiger partial charge in [0.25, 0.3) is 0 Å². The van der Waals surface area contributed by atoms with Gasteiger partial charge in [0.15, 0.2) is 5.72 Å². The summed E-state index contributed by atoms with van der Waals surface area (Å²) in [6.45, 7) is -1.24. The normalized spacial score (nSPS) is 12.0. The summed E-state index contributed by atoms with van der Waals surface area (Å²) in [7, 11) is 0. The smallest absolute Gasteiger partial charge is 0.160 e. The maximum atomic E-state index is 8.41. The van der Waals surface area contributed by atoms with E-state index in [0.717, 1.165) is 0 Å². The van der Waals surface area contributed by atoms with Crippen LogP contribution in [0.25, 0.3) is 0 Å². The molecule has 0 saturated heterocycles. The van der Waals surface area contributed by atoms with Gasteiger partial charge in [-0.3, -0.25) is 5.73 Å². The molecule has 44 valence electrons. The lowest BCUT2D eigenvalue weighted by Crippen LogP contribution is -2.46. The molecule has 0 spiro atoms. The first-order chi connectivity index (χ1) is 3.12. The highest BCUT2D eigenvalue weighted by Gasteiger charge is 2.16. The van der Waals surface area contributed by atoms with E-state index in [1.54, 1.807) is 0 Å².